The zero-order valence-electron chi connectivity index (χ0n) is 17.2. The third-order valence-electron chi connectivity index (χ3n) is 4.66. The number of likely N-dealkylation sites (N-methyl/N-ethyl adjacent to an activating group) is 1. The lowest BCUT2D eigenvalue weighted by molar-refractivity contribution is -0.130. The minimum absolute atomic E-state index is 0.0848. The second kappa shape index (κ2) is 8.97. The maximum atomic E-state index is 12.9. The highest BCUT2D eigenvalue weighted by molar-refractivity contribution is 7.21. The van der Waals surface area contributed by atoms with Crippen LogP contribution in [0.3, 0.4) is 0 Å². The number of thiazole rings is 1. The Hall–Kier alpha value is -3.71. The van der Waals surface area contributed by atoms with Crippen LogP contribution in [0.2, 0.25) is 0 Å². The van der Waals surface area contributed by atoms with Gasteiger partial charge in [0.05, 0.1) is 15.9 Å². The van der Waals surface area contributed by atoms with Crippen molar-refractivity contribution in [1.82, 2.24) is 9.88 Å². The van der Waals surface area contributed by atoms with E-state index in [1.807, 2.05) is 48.5 Å². The molecule has 0 aliphatic rings. The zero-order chi connectivity index (χ0) is 21.8. The molecule has 0 radical (unpaired) electrons. The predicted molar refractivity (Wildman–Crippen MR) is 124 cm³/mol. The summed E-state index contributed by atoms with van der Waals surface area (Å²) in [5, 5.41) is 3.82. The molecule has 6 nitrogen and oxygen atoms in total. The first-order chi connectivity index (χ1) is 15.0. The van der Waals surface area contributed by atoms with Gasteiger partial charge >= 0.3 is 0 Å². The van der Waals surface area contributed by atoms with Crippen molar-refractivity contribution in [2.24, 2.45) is 0 Å². The van der Waals surface area contributed by atoms with E-state index in [1.54, 1.807) is 49.7 Å². The third kappa shape index (κ3) is 4.73. The summed E-state index contributed by atoms with van der Waals surface area (Å²) in [6, 6.07) is 22.3. The van der Waals surface area contributed by atoms with E-state index in [2.05, 4.69) is 5.32 Å². The number of hydrogen-bond acceptors (Lipinski definition) is 5. The number of fused-ring (bicyclic) bond motifs is 1. The second-order valence-corrected chi connectivity index (χ2v) is 8.12. The Morgan fingerprint density at radius 3 is 2.58 bits per heavy atom. The van der Waals surface area contributed by atoms with Gasteiger partial charge in [0.15, 0.2) is 6.61 Å². The molecular weight excluding hydrogens is 410 g/mol. The second-order valence-electron chi connectivity index (χ2n) is 7.09. The van der Waals surface area contributed by atoms with E-state index in [-0.39, 0.29) is 18.4 Å². The van der Waals surface area contributed by atoms with Crippen LogP contribution in [0.25, 0.3) is 20.8 Å². The SMILES string of the molecule is CN(C)C(=O)COc1cccc(C(=O)Nc2ccccc2-c2nc3ccccc3s2)c1. The van der Waals surface area contributed by atoms with Crippen molar-refractivity contribution < 1.29 is 14.3 Å². The first kappa shape index (κ1) is 20.6. The first-order valence-electron chi connectivity index (χ1n) is 9.70. The van der Waals surface area contributed by atoms with Gasteiger partial charge in [-0.15, -0.1) is 11.3 Å². The molecule has 1 aromatic heterocycles. The number of carbonyl (C=O) groups is 2. The van der Waals surface area contributed by atoms with Gasteiger partial charge in [0.1, 0.15) is 10.8 Å². The Bertz CT molecular complexity index is 1220. The number of ether oxygens (including phenoxy) is 1. The Morgan fingerprint density at radius 2 is 1.77 bits per heavy atom. The van der Waals surface area contributed by atoms with Crippen molar-refractivity contribution in [3.05, 3.63) is 78.4 Å². The van der Waals surface area contributed by atoms with Crippen LogP contribution < -0.4 is 10.1 Å². The molecule has 0 spiro atoms. The maximum Gasteiger partial charge on any atom is 0.259 e. The van der Waals surface area contributed by atoms with Crippen molar-refractivity contribution >= 4 is 39.1 Å². The van der Waals surface area contributed by atoms with Gasteiger partial charge in [0, 0.05) is 25.2 Å². The van der Waals surface area contributed by atoms with E-state index in [4.69, 9.17) is 9.72 Å². The van der Waals surface area contributed by atoms with Crippen molar-refractivity contribution in [3.63, 3.8) is 0 Å². The molecule has 1 N–H and O–H groups in total. The number of benzene rings is 3. The van der Waals surface area contributed by atoms with Crippen LogP contribution in [0, 0.1) is 0 Å². The Morgan fingerprint density at radius 1 is 1.00 bits per heavy atom. The third-order valence-corrected chi connectivity index (χ3v) is 5.73. The van der Waals surface area contributed by atoms with E-state index in [0.717, 1.165) is 20.8 Å². The molecule has 4 aromatic rings. The van der Waals surface area contributed by atoms with E-state index in [1.165, 1.54) is 4.90 Å². The lowest BCUT2D eigenvalue weighted by atomic mass is 10.1. The highest BCUT2D eigenvalue weighted by atomic mass is 32.1. The smallest absolute Gasteiger partial charge is 0.259 e. The van der Waals surface area contributed by atoms with Crippen molar-refractivity contribution in [1.29, 1.82) is 0 Å². The molecule has 0 fully saturated rings. The Labute approximate surface area is 184 Å². The lowest BCUT2D eigenvalue weighted by Crippen LogP contribution is -2.27. The molecule has 4 rings (SSSR count). The Balaban J connectivity index is 1.54. The zero-order valence-corrected chi connectivity index (χ0v) is 18.0. The molecule has 31 heavy (non-hydrogen) atoms. The molecule has 0 aliphatic heterocycles. The maximum absolute atomic E-state index is 12.9. The molecule has 0 unspecified atom stereocenters. The van der Waals surface area contributed by atoms with E-state index in [0.29, 0.717) is 17.0 Å². The molecule has 0 bridgehead atoms. The van der Waals surface area contributed by atoms with E-state index in [9.17, 15) is 9.59 Å². The highest BCUT2D eigenvalue weighted by Gasteiger charge is 2.14. The summed E-state index contributed by atoms with van der Waals surface area (Å²) < 4.78 is 6.61. The Kier molecular flexibility index (Phi) is 5.95. The predicted octanol–water partition coefficient (Wildman–Crippen LogP) is 4.68. The number of aromatic nitrogens is 1. The van der Waals surface area contributed by atoms with Crippen molar-refractivity contribution in [2.45, 2.75) is 0 Å². The molecular formula is C24H21N3O3S. The standard InChI is InChI=1S/C24H21N3O3S/c1-27(2)22(28)15-30-17-9-7-8-16(14-17)23(29)25-19-11-4-3-10-18(19)24-26-20-12-5-6-13-21(20)31-24/h3-14H,15H2,1-2H3,(H,25,29). The van der Waals surface area contributed by atoms with Gasteiger partial charge in [-0.05, 0) is 42.5 Å². The largest absolute Gasteiger partial charge is 0.484 e. The molecule has 0 saturated carbocycles. The number of para-hydroxylation sites is 2. The van der Waals surface area contributed by atoms with E-state index < -0.39 is 0 Å². The number of amides is 2. The number of nitrogens with zero attached hydrogens (tertiary/aromatic N) is 2. The summed E-state index contributed by atoms with van der Waals surface area (Å²) in [5.74, 6) is 0.0415. The molecule has 1 heterocycles. The normalized spacial score (nSPS) is 10.6. The molecule has 0 atom stereocenters. The van der Waals surface area contributed by atoms with Crippen LogP contribution in [0.15, 0.2) is 72.8 Å². The molecule has 3 aromatic carbocycles. The summed E-state index contributed by atoms with van der Waals surface area (Å²) in [6.45, 7) is -0.0848. The van der Waals surface area contributed by atoms with Crippen LogP contribution in [-0.2, 0) is 4.79 Å². The average molecular weight is 432 g/mol. The van der Waals surface area contributed by atoms with Crippen LogP contribution in [-0.4, -0.2) is 42.4 Å². The topological polar surface area (TPSA) is 71.5 Å². The van der Waals surface area contributed by atoms with Crippen LogP contribution in [0.1, 0.15) is 10.4 Å². The fraction of sp³-hybridized carbons (Fsp3) is 0.125. The molecule has 2 amide bonds. The minimum Gasteiger partial charge on any atom is -0.484 e. The number of nitrogens with one attached hydrogen (secondary N) is 1. The van der Waals surface area contributed by atoms with Crippen LogP contribution in [0.5, 0.6) is 5.75 Å². The molecule has 0 aliphatic carbocycles. The lowest BCUT2D eigenvalue weighted by Gasteiger charge is -2.12. The molecule has 156 valence electrons. The highest BCUT2D eigenvalue weighted by Crippen LogP contribution is 2.34. The van der Waals surface area contributed by atoms with Crippen LogP contribution >= 0.6 is 11.3 Å². The van der Waals surface area contributed by atoms with Gasteiger partial charge in [0.25, 0.3) is 11.8 Å². The number of rotatable bonds is 6. The number of carbonyl (C=O) groups excluding carboxylic acids is 2. The monoisotopic (exact) mass is 431 g/mol. The van der Waals surface area contributed by atoms with Gasteiger partial charge in [-0.2, -0.15) is 0 Å². The average Bonchev–Trinajstić information content (AvgIpc) is 3.22. The number of hydrogen-bond donors (Lipinski definition) is 1. The van der Waals surface area contributed by atoms with E-state index >= 15 is 0 Å². The van der Waals surface area contributed by atoms with Gasteiger partial charge in [-0.1, -0.05) is 30.3 Å². The van der Waals surface area contributed by atoms with Gasteiger partial charge in [-0.25, -0.2) is 4.98 Å². The van der Waals surface area contributed by atoms with Crippen molar-refractivity contribution in [3.8, 4) is 16.3 Å². The minimum atomic E-state index is -0.266. The summed E-state index contributed by atoms with van der Waals surface area (Å²) in [7, 11) is 3.33. The van der Waals surface area contributed by atoms with Gasteiger partial charge < -0.3 is 15.0 Å². The van der Waals surface area contributed by atoms with Crippen molar-refractivity contribution in [2.75, 3.05) is 26.0 Å². The quantitative estimate of drug-likeness (QED) is 0.481. The summed E-state index contributed by atoms with van der Waals surface area (Å²) in [4.78, 5) is 30.8. The molecule has 0 saturated heterocycles. The van der Waals surface area contributed by atoms with Crippen LogP contribution in [0.4, 0.5) is 5.69 Å². The summed E-state index contributed by atoms with van der Waals surface area (Å²) in [5.41, 5.74) is 2.91. The fourth-order valence-electron chi connectivity index (χ4n) is 2.96. The summed E-state index contributed by atoms with van der Waals surface area (Å²) >= 11 is 1.58. The van der Waals surface area contributed by atoms with Gasteiger partial charge in [0.2, 0.25) is 0 Å². The van der Waals surface area contributed by atoms with Gasteiger partial charge in [-0.3, -0.25) is 9.59 Å². The first-order valence-corrected chi connectivity index (χ1v) is 10.5. The summed E-state index contributed by atoms with van der Waals surface area (Å²) in [6.07, 6.45) is 0. The fourth-order valence-corrected chi connectivity index (χ4v) is 3.97. The molecule has 7 heteroatoms. The number of anilines is 1.